The Hall–Kier alpha value is -0.300. The van der Waals surface area contributed by atoms with Crippen LogP contribution >= 0.6 is 0 Å². The van der Waals surface area contributed by atoms with Crippen LogP contribution in [0.15, 0.2) is 11.6 Å². The van der Waals surface area contributed by atoms with Crippen LogP contribution in [0, 0.1) is 0 Å². The van der Waals surface area contributed by atoms with E-state index in [1.54, 1.807) is 5.57 Å². The van der Waals surface area contributed by atoms with Gasteiger partial charge in [-0.05, 0) is 38.5 Å². The summed E-state index contributed by atoms with van der Waals surface area (Å²) >= 11 is 0. The van der Waals surface area contributed by atoms with E-state index in [1.807, 2.05) is 0 Å². The summed E-state index contributed by atoms with van der Waals surface area (Å²) in [6, 6.07) is 0. The van der Waals surface area contributed by atoms with Crippen molar-refractivity contribution in [2.75, 3.05) is 6.61 Å². The molecule has 0 spiro atoms. The number of unbranched alkanes of at least 4 members (excludes halogenated alkanes) is 1. The molecule has 0 N–H and O–H groups in total. The zero-order chi connectivity index (χ0) is 10.2. The van der Waals surface area contributed by atoms with Crippen LogP contribution in [0.1, 0.15) is 58.8 Å². The van der Waals surface area contributed by atoms with E-state index >= 15 is 0 Å². The Bertz CT molecular complexity index is 166. The number of hydrogen-bond donors (Lipinski definition) is 0. The fourth-order valence-corrected chi connectivity index (χ4v) is 1.94. The zero-order valence-corrected chi connectivity index (χ0v) is 9.72. The van der Waals surface area contributed by atoms with Gasteiger partial charge in [-0.3, -0.25) is 0 Å². The summed E-state index contributed by atoms with van der Waals surface area (Å²) in [6.45, 7) is 5.47. The maximum Gasteiger partial charge on any atom is 0.0758 e. The van der Waals surface area contributed by atoms with Crippen LogP contribution in [0.5, 0.6) is 0 Å². The second kappa shape index (κ2) is 7.05. The van der Waals surface area contributed by atoms with Gasteiger partial charge in [-0.2, -0.15) is 0 Å². The summed E-state index contributed by atoms with van der Waals surface area (Å²) in [7, 11) is 0. The van der Waals surface area contributed by atoms with Crippen molar-refractivity contribution in [1.82, 2.24) is 0 Å². The molecule has 1 atom stereocenters. The lowest BCUT2D eigenvalue weighted by Gasteiger charge is -2.20. The Labute approximate surface area is 88.5 Å². The highest BCUT2D eigenvalue weighted by Gasteiger charge is 2.11. The monoisotopic (exact) mass is 196 g/mol. The van der Waals surface area contributed by atoms with Gasteiger partial charge < -0.3 is 4.74 Å². The first kappa shape index (κ1) is 11.8. The van der Waals surface area contributed by atoms with Crippen molar-refractivity contribution in [3.05, 3.63) is 11.6 Å². The number of hydrogen-bond acceptors (Lipinski definition) is 1. The molecule has 1 nitrogen and oxygen atoms in total. The predicted octanol–water partition coefficient (Wildman–Crippen LogP) is 4.08. The predicted molar refractivity (Wildman–Crippen MR) is 61.5 cm³/mol. The van der Waals surface area contributed by atoms with Gasteiger partial charge in [-0.15, -0.1) is 0 Å². The minimum atomic E-state index is 0.426. The lowest BCUT2D eigenvalue weighted by Crippen LogP contribution is -2.16. The van der Waals surface area contributed by atoms with Crippen molar-refractivity contribution in [2.45, 2.75) is 64.9 Å². The Morgan fingerprint density at radius 3 is 2.79 bits per heavy atom. The molecule has 1 aliphatic heterocycles. The van der Waals surface area contributed by atoms with E-state index in [1.165, 1.54) is 44.9 Å². The van der Waals surface area contributed by atoms with Crippen molar-refractivity contribution >= 4 is 0 Å². The fraction of sp³-hybridized carbons (Fsp3) is 0.846. The van der Waals surface area contributed by atoms with Gasteiger partial charge in [0.1, 0.15) is 0 Å². The molecule has 0 aromatic heterocycles. The molecule has 14 heavy (non-hydrogen) atoms. The first-order valence-electron chi connectivity index (χ1n) is 6.18. The molecular weight excluding hydrogens is 172 g/mol. The minimum Gasteiger partial charge on any atom is -0.374 e. The fourth-order valence-electron chi connectivity index (χ4n) is 1.94. The van der Waals surface area contributed by atoms with E-state index in [0.717, 1.165) is 6.61 Å². The third-order valence-corrected chi connectivity index (χ3v) is 2.94. The number of ether oxygens (including phenoxy) is 1. The topological polar surface area (TPSA) is 9.23 Å². The van der Waals surface area contributed by atoms with E-state index in [0.29, 0.717) is 6.10 Å². The molecule has 1 aliphatic rings. The van der Waals surface area contributed by atoms with E-state index in [-0.39, 0.29) is 0 Å². The molecule has 0 radical (unpaired) electrons. The molecule has 0 amide bonds. The first-order chi connectivity index (χ1) is 6.86. The Kier molecular flexibility index (Phi) is 5.93. The molecule has 0 aliphatic carbocycles. The van der Waals surface area contributed by atoms with Crippen LogP contribution in [0.25, 0.3) is 0 Å². The lowest BCUT2D eigenvalue weighted by molar-refractivity contribution is 0.0459. The van der Waals surface area contributed by atoms with Crippen molar-refractivity contribution < 1.29 is 4.74 Å². The largest absolute Gasteiger partial charge is 0.374 e. The van der Waals surface area contributed by atoms with Crippen molar-refractivity contribution in [3.8, 4) is 0 Å². The van der Waals surface area contributed by atoms with Gasteiger partial charge in [0, 0.05) is 6.61 Å². The maximum absolute atomic E-state index is 5.71. The van der Waals surface area contributed by atoms with Crippen LogP contribution in [0.2, 0.25) is 0 Å². The highest BCUT2D eigenvalue weighted by Crippen LogP contribution is 2.19. The van der Waals surface area contributed by atoms with Gasteiger partial charge >= 0.3 is 0 Å². The zero-order valence-electron chi connectivity index (χ0n) is 9.72. The molecule has 0 saturated carbocycles. The third kappa shape index (κ3) is 4.28. The minimum absolute atomic E-state index is 0.426. The molecule has 82 valence electrons. The smallest absolute Gasteiger partial charge is 0.0758 e. The molecule has 1 rings (SSSR count). The normalized spacial score (nSPS) is 23.9. The Balaban J connectivity index is 2.35. The van der Waals surface area contributed by atoms with E-state index < -0.39 is 0 Å². The summed E-state index contributed by atoms with van der Waals surface area (Å²) in [5.74, 6) is 0. The van der Waals surface area contributed by atoms with Gasteiger partial charge in [0.2, 0.25) is 0 Å². The highest BCUT2D eigenvalue weighted by molar-refractivity contribution is 5.05. The van der Waals surface area contributed by atoms with Gasteiger partial charge in [0.25, 0.3) is 0 Å². The second-order valence-electron chi connectivity index (χ2n) is 4.19. The standard InChI is InChI=1S/C13H24O/c1-3-5-8-12(4-2)11-13-9-6-7-10-14-13/h11,13H,3-10H2,1-2H3/b12-11+. The molecule has 1 saturated heterocycles. The third-order valence-electron chi connectivity index (χ3n) is 2.94. The Morgan fingerprint density at radius 2 is 2.21 bits per heavy atom. The molecule has 0 aromatic rings. The molecule has 1 heterocycles. The van der Waals surface area contributed by atoms with Crippen LogP contribution in [-0.2, 0) is 4.74 Å². The van der Waals surface area contributed by atoms with Crippen LogP contribution in [0.3, 0.4) is 0 Å². The van der Waals surface area contributed by atoms with E-state index in [4.69, 9.17) is 4.74 Å². The van der Waals surface area contributed by atoms with Gasteiger partial charge in [0.05, 0.1) is 6.10 Å². The van der Waals surface area contributed by atoms with Gasteiger partial charge in [-0.25, -0.2) is 0 Å². The molecule has 1 fully saturated rings. The van der Waals surface area contributed by atoms with Crippen molar-refractivity contribution in [2.24, 2.45) is 0 Å². The van der Waals surface area contributed by atoms with Gasteiger partial charge in [-0.1, -0.05) is 31.9 Å². The summed E-state index contributed by atoms with van der Waals surface area (Å²) in [4.78, 5) is 0. The summed E-state index contributed by atoms with van der Waals surface area (Å²) < 4.78 is 5.71. The number of allylic oxidation sites excluding steroid dienone is 1. The van der Waals surface area contributed by atoms with Crippen LogP contribution in [-0.4, -0.2) is 12.7 Å². The Morgan fingerprint density at radius 1 is 1.36 bits per heavy atom. The summed E-state index contributed by atoms with van der Waals surface area (Å²) in [6.07, 6.45) is 11.7. The highest BCUT2D eigenvalue weighted by atomic mass is 16.5. The van der Waals surface area contributed by atoms with E-state index in [2.05, 4.69) is 19.9 Å². The summed E-state index contributed by atoms with van der Waals surface area (Å²) in [5.41, 5.74) is 1.60. The summed E-state index contributed by atoms with van der Waals surface area (Å²) in [5, 5.41) is 0. The molecule has 0 aromatic carbocycles. The van der Waals surface area contributed by atoms with Crippen LogP contribution in [0.4, 0.5) is 0 Å². The van der Waals surface area contributed by atoms with Crippen molar-refractivity contribution in [3.63, 3.8) is 0 Å². The lowest BCUT2D eigenvalue weighted by atomic mass is 10.0. The molecule has 1 unspecified atom stereocenters. The maximum atomic E-state index is 5.71. The average molecular weight is 196 g/mol. The second-order valence-corrected chi connectivity index (χ2v) is 4.19. The SMILES string of the molecule is CCCC/C(=C/C1CCCCO1)CC. The first-order valence-corrected chi connectivity index (χ1v) is 6.18. The number of rotatable bonds is 5. The van der Waals surface area contributed by atoms with Gasteiger partial charge in [0.15, 0.2) is 0 Å². The quantitative estimate of drug-likeness (QED) is 0.602. The van der Waals surface area contributed by atoms with Crippen LogP contribution < -0.4 is 0 Å². The van der Waals surface area contributed by atoms with E-state index in [9.17, 15) is 0 Å². The average Bonchev–Trinajstić information content (AvgIpc) is 2.25. The van der Waals surface area contributed by atoms with Crippen molar-refractivity contribution in [1.29, 1.82) is 0 Å². The molecule has 1 heteroatoms. The molecule has 0 bridgehead atoms. The molecular formula is C13H24O.